The van der Waals surface area contributed by atoms with Crippen LogP contribution in [0.1, 0.15) is 45.7 Å². The van der Waals surface area contributed by atoms with E-state index in [2.05, 4.69) is 20.9 Å². The van der Waals surface area contributed by atoms with Crippen molar-refractivity contribution in [3.05, 3.63) is 41.2 Å². The van der Waals surface area contributed by atoms with Gasteiger partial charge in [-0.1, -0.05) is 10.9 Å². The van der Waals surface area contributed by atoms with E-state index in [0.29, 0.717) is 24.5 Å². The Kier molecular flexibility index (Phi) is 4.99. The molecule has 33 heavy (non-hydrogen) atoms. The normalized spacial score (nSPS) is 19.8. The maximum atomic E-state index is 13.1. The zero-order valence-electron chi connectivity index (χ0n) is 17.3. The van der Waals surface area contributed by atoms with E-state index in [4.69, 9.17) is 4.84 Å². The molecular weight excluding hydrogens is 434 g/mol. The lowest BCUT2D eigenvalue weighted by molar-refractivity contribution is -0.136. The number of likely N-dealkylation sites (tertiary alicyclic amines) is 1. The van der Waals surface area contributed by atoms with Gasteiger partial charge in [-0.25, -0.2) is 4.79 Å². The molecule has 1 unspecified atom stereocenters. The fourth-order valence-corrected chi connectivity index (χ4v) is 3.89. The Balaban J connectivity index is 1.29. The lowest BCUT2D eigenvalue weighted by atomic mass is 10.0. The largest absolute Gasteiger partial charge is 0.435 e. The Morgan fingerprint density at radius 3 is 2.73 bits per heavy atom. The first kappa shape index (κ1) is 20.6. The number of imide groups is 2. The number of nitrogens with one attached hydrogen (secondary N) is 2. The number of carbonyl (C=O) groups excluding carboxylic acids is 5. The van der Waals surface area contributed by atoms with Crippen LogP contribution < -0.4 is 15.5 Å². The quantitative estimate of drug-likeness (QED) is 0.452. The van der Waals surface area contributed by atoms with Crippen molar-refractivity contribution >= 4 is 35.4 Å². The van der Waals surface area contributed by atoms with Gasteiger partial charge in [0.25, 0.3) is 11.8 Å². The third-order valence-corrected chi connectivity index (χ3v) is 5.73. The van der Waals surface area contributed by atoms with Gasteiger partial charge in [0.2, 0.25) is 11.8 Å². The molecule has 170 valence electrons. The smallest absolute Gasteiger partial charge is 0.379 e. The molecule has 5 amide bonds. The minimum Gasteiger partial charge on any atom is -0.379 e. The Bertz CT molecular complexity index is 1190. The predicted molar refractivity (Wildman–Crippen MR) is 109 cm³/mol. The maximum Gasteiger partial charge on any atom is 0.435 e. The monoisotopic (exact) mass is 453 g/mol. The molecule has 2 saturated heterocycles. The molecule has 5 rings (SSSR count). The molecule has 0 saturated carbocycles. The van der Waals surface area contributed by atoms with Gasteiger partial charge in [0.15, 0.2) is 0 Å². The summed E-state index contributed by atoms with van der Waals surface area (Å²) in [6.45, 7) is 1.42. The highest BCUT2D eigenvalue weighted by molar-refractivity contribution is 6.25. The minimum atomic E-state index is -1.04. The summed E-state index contributed by atoms with van der Waals surface area (Å²) in [4.78, 5) is 70.0. The van der Waals surface area contributed by atoms with Crippen LogP contribution in [0.15, 0.2) is 24.4 Å². The molecule has 0 spiro atoms. The zero-order chi connectivity index (χ0) is 23.1. The molecule has 2 aromatic rings. The number of aromatic nitrogens is 3. The van der Waals surface area contributed by atoms with Crippen molar-refractivity contribution in [2.75, 3.05) is 18.4 Å². The SMILES string of the molecule is O=C1CCC(N2C(=O)c3cccc(NCc4cn(OC(=O)N5CCC5)nn4)c3C2=O)C(=O)N1. The van der Waals surface area contributed by atoms with E-state index < -0.39 is 35.8 Å². The molecule has 3 aliphatic rings. The number of benzene rings is 1. The number of amides is 5. The van der Waals surface area contributed by atoms with Gasteiger partial charge in [-0.15, -0.1) is 5.10 Å². The van der Waals surface area contributed by atoms with Crippen LogP contribution in [0.25, 0.3) is 0 Å². The van der Waals surface area contributed by atoms with E-state index in [0.717, 1.165) is 16.2 Å². The number of piperidine rings is 1. The molecule has 13 heteroatoms. The van der Waals surface area contributed by atoms with E-state index in [9.17, 15) is 24.0 Å². The van der Waals surface area contributed by atoms with Gasteiger partial charge in [-0.2, -0.15) is 0 Å². The second kappa shape index (κ2) is 8.00. The summed E-state index contributed by atoms with van der Waals surface area (Å²) in [5.74, 6) is -2.30. The lowest BCUT2D eigenvalue weighted by Crippen LogP contribution is -2.54. The summed E-state index contributed by atoms with van der Waals surface area (Å²) in [6.07, 6.45) is 1.98. The molecule has 0 aliphatic carbocycles. The molecule has 1 aromatic heterocycles. The Labute approximate surface area is 186 Å². The van der Waals surface area contributed by atoms with Crippen LogP contribution in [0.5, 0.6) is 0 Å². The van der Waals surface area contributed by atoms with E-state index in [1.54, 1.807) is 12.1 Å². The first-order valence-corrected chi connectivity index (χ1v) is 10.4. The number of fused-ring (bicyclic) bond motifs is 1. The topological polar surface area (TPSA) is 156 Å². The molecule has 1 aromatic carbocycles. The minimum absolute atomic E-state index is 0.0485. The van der Waals surface area contributed by atoms with Gasteiger partial charge < -0.3 is 10.2 Å². The van der Waals surface area contributed by atoms with Crippen molar-refractivity contribution < 1.29 is 28.8 Å². The third kappa shape index (κ3) is 3.66. The first-order valence-electron chi connectivity index (χ1n) is 10.4. The summed E-state index contributed by atoms with van der Waals surface area (Å²) >= 11 is 0. The average molecular weight is 453 g/mol. The van der Waals surface area contributed by atoms with E-state index in [1.807, 2.05) is 0 Å². The van der Waals surface area contributed by atoms with Crippen LogP contribution in [-0.2, 0) is 16.1 Å². The van der Waals surface area contributed by atoms with E-state index in [1.165, 1.54) is 17.2 Å². The molecule has 0 bridgehead atoms. The van der Waals surface area contributed by atoms with Crippen LogP contribution in [-0.4, -0.2) is 73.8 Å². The third-order valence-electron chi connectivity index (χ3n) is 5.73. The summed E-state index contributed by atoms with van der Waals surface area (Å²) in [6, 6.07) is 3.72. The molecule has 3 aliphatic heterocycles. The van der Waals surface area contributed by atoms with Crippen LogP contribution in [0.3, 0.4) is 0 Å². The molecule has 4 heterocycles. The predicted octanol–water partition coefficient (Wildman–Crippen LogP) is -0.454. The number of carbonyl (C=O) groups is 5. The van der Waals surface area contributed by atoms with Crippen molar-refractivity contribution in [2.24, 2.45) is 0 Å². The van der Waals surface area contributed by atoms with Gasteiger partial charge in [-0.3, -0.25) is 34.2 Å². The van der Waals surface area contributed by atoms with Crippen molar-refractivity contribution in [1.29, 1.82) is 0 Å². The Morgan fingerprint density at radius 1 is 1.18 bits per heavy atom. The number of nitrogens with zero attached hydrogens (tertiary/aromatic N) is 5. The fraction of sp³-hybridized carbons (Fsp3) is 0.350. The summed E-state index contributed by atoms with van der Waals surface area (Å²) in [7, 11) is 0. The van der Waals surface area contributed by atoms with E-state index >= 15 is 0 Å². The highest BCUT2D eigenvalue weighted by Crippen LogP contribution is 2.32. The second-order valence-corrected chi connectivity index (χ2v) is 7.84. The molecule has 2 fully saturated rings. The summed E-state index contributed by atoms with van der Waals surface area (Å²) in [5.41, 5.74) is 1.13. The summed E-state index contributed by atoms with van der Waals surface area (Å²) in [5, 5.41) is 12.9. The molecule has 2 N–H and O–H groups in total. The maximum absolute atomic E-state index is 13.1. The fourth-order valence-electron chi connectivity index (χ4n) is 3.89. The van der Waals surface area contributed by atoms with Crippen molar-refractivity contribution in [2.45, 2.75) is 31.8 Å². The van der Waals surface area contributed by atoms with Crippen LogP contribution in [0.2, 0.25) is 0 Å². The highest BCUT2D eigenvalue weighted by atomic mass is 16.7. The van der Waals surface area contributed by atoms with E-state index in [-0.39, 0.29) is 30.5 Å². The number of anilines is 1. The zero-order valence-corrected chi connectivity index (χ0v) is 17.3. The van der Waals surface area contributed by atoms with Crippen LogP contribution >= 0.6 is 0 Å². The highest BCUT2D eigenvalue weighted by Gasteiger charge is 2.45. The van der Waals surface area contributed by atoms with Crippen molar-refractivity contribution in [1.82, 2.24) is 30.3 Å². The van der Waals surface area contributed by atoms with Gasteiger partial charge in [0.05, 0.1) is 23.9 Å². The van der Waals surface area contributed by atoms with Gasteiger partial charge in [0, 0.05) is 25.2 Å². The number of hydrogen-bond acceptors (Lipinski definition) is 9. The van der Waals surface area contributed by atoms with Crippen LogP contribution in [0.4, 0.5) is 10.5 Å². The standard InChI is InChI=1S/C20H19N7O6/c28-15-6-5-14(17(29)22-15)27-18(30)12-3-1-4-13(16(12)19(27)31)21-9-11-10-26(24-23-11)33-20(32)25-7-2-8-25/h1,3-4,10,14,21H,2,5-9H2,(H,22,28,29). The van der Waals surface area contributed by atoms with Crippen LogP contribution in [0, 0.1) is 0 Å². The van der Waals surface area contributed by atoms with Gasteiger partial charge in [-0.05, 0) is 30.2 Å². The second-order valence-electron chi connectivity index (χ2n) is 7.84. The average Bonchev–Trinajstić information content (AvgIpc) is 3.28. The van der Waals surface area contributed by atoms with Gasteiger partial charge >= 0.3 is 6.09 Å². The number of rotatable bonds is 5. The van der Waals surface area contributed by atoms with Gasteiger partial charge in [0.1, 0.15) is 11.7 Å². The van der Waals surface area contributed by atoms with Crippen molar-refractivity contribution in [3.63, 3.8) is 0 Å². The Morgan fingerprint density at radius 2 is 2.00 bits per heavy atom. The molecule has 13 nitrogen and oxygen atoms in total. The molecular formula is C20H19N7O6. The summed E-state index contributed by atoms with van der Waals surface area (Å²) < 4.78 is 0. The molecule has 0 radical (unpaired) electrons. The molecule has 1 atom stereocenters. The first-order chi connectivity index (χ1) is 15.9. The Hall–Kier alpha value is -4.29. The lowest BCUT2D eigenvalue weighted by Gasteiger charge is -2.28. The number of hydrogen-bond donors (Lipinski definition) is 2. The van der Waals surface area contributed by atoms with Crippen molar-refractivity contribution in [3.8, 4) is 0 Å².